The molecule has 1 aliphatic carbocycles. The van der Waals surface area contributed by atoms with Crippen molar-refractivity contribution in [1.29, 1.82) is 0 Å². The summed E-state index contributed by atoms with van der Waals surface area (Å²) in [4.78, 5) is 29.3. The summed E-state index contributed by atoms with van der Waals surface area (Å²) in [7, 11) is 0. The fourth-order valence-electron chi connectivity index (χ4n) is 4.17. The summed E-state index contributed by atoms with van der Waals surface area (Å²) in [5.41, 5.74) is 2.60. The summed E-state index contributed by atoms with van der Waals surface area (Å²) in [6.07, 6.45) is 0.617. The van der Waals surface area contributed by atoms with Crippen LogP contribution in [0.3, 0.4) is 0 Å². The zero-order valence-corrected chi connectivity index (χ0v) is 18.2. The summed E-state index contributed by atoms with van der Waals surface area (Å²) in [6.45, 7) is 0.337. The van der Waals surface area contributed by atoms with Crippen LogP contribution in [0.4, 0.5) is 0 Å². The third kappa shape index (κ3) is 4.66. The van der Waals surface area contributed by atoms with Crippen LogP contribution in [0.5, 0.6) is 5.75 Å². The lowest BCUT2D eigenvalue weighted by atomic mass is 9.80. The van der Waals surface area contributed by atoms with E-state index in [4.69, 9.17) is 9.84 Å². The van der Waals surface area contributed by atoms with E-state index in [-0.39, 0.29) is 32.1 Å². The molecule has 166 valence electrons. The van der Waals surface area contributed by atoms with Gasteiger partial charge in [0.2, 0.25) is 5.91 Å². The molecule has 8 heteroatoms. The molecule has 32 heavy (non-hydrogen) atoms. The molecule has 0 spiro atoms. The Morgan fingerprint density at radius 2 is 1.78 bits per heavy atom. The van der Waals surface area contributed by atoms with Gasteiger partial charge in [0.1, 0.15) is 17.4 Å². The van der Waals surface area contributed by atoms with Gasteiger partial charge in [-0.15, -0.1) is 11.3 Å². The largest absolute Gasteiger partial charge is 0.490 e. The number of fused-ring (bicyclic) bond motifs is 1. The van der Waals surface area contributed by atoms with E-state index in [0.29, 0.717) is 23.6 Å². The summed E-state index contributed by atoms with van der Waals surface area (Å²) < 4.78 is 5.59. The number of thiazole rings is 1. The highest BCUT2D eigenvalue weighted by molar-refractivity contribution is 7.09. The van der Waals surface area contributed by atoms with Crippen LogP contribution in [-0.4, -0.2) is 40.3 Å². The number of carbonyl (C=O) groups is 2. The second kappa shape index (κ2) is 9.50. The van der Waals surface area contributed by atoms with Crippen molar-refractivity contribution in [3.05, 3.63) is 70.0 Å². The highest BCUT2D eigenvalue weighted by Crippen LogP contribution is 2.40. The summed E-state index contributed by atoms with van der Waals surface area (Å²) in [5.74, 6) is -0.616. The van der Waals surface area contributed by atoms with Crippen LogP contribution in [0.1, 0.15) is 22.6 Å². The van der Waals surface area contributed by atoms with Gasteiger partial charge in [-0.3, -0.25) is 9.59 Å². The van der Waals surface area contributed by atoms with Crippen molar-refractivity contribution in [3.63, 3.8) is 0 Å². The van der Waals surface area contributed by atoms with E-state index in [0.717, 1.165) is 22.4 Å². The zero-order valence-electron chi connectivity index (χ0n) is 17.4. The monoisotopic (exact) mass is 452 g/mol. The van der Waals surface area contributed by atoms with Crippen LogP contribution >= 0.6 is 11.3 Å². The first-order chi connectivity index (χ1) is 15.5. The second-order valence-electron chi connectivity index (χ2n) is 7.85. The van der Waals surface area contributed by atoms with Gasteiger partial charge in [-0.1, -0.05) is 36.4 Å². The Morgan fingerprint density at radius 1 is 1.09 bits per heavy atom. The summed E-state index contributed by atoms with van der Waals surface area (Å²) in [6, 6.07) is 15.2. The molecule has 0 aliphatic heterocycles. The molecule has 1 aliphatic rings. The molecular weight excluding hydrogens is 428 g/mol. The zero-order chi connectivity index (χ0) is 22.6. The minimum atomic E-state index is -0.986. The number of benzene rings is 2. The van der Waals surface area contributed by atoms with Gasteiger partial charge < -0.3 is 20.3 Å². The van der Waals surface area contributed by atoms with Gasteiger partial charge in [-0.25, -0.2) is 4.98 Å². The second-order valence-corrected chi connectivity index (χ2v) is 8.79. The van der Waals surface area contributed by atoms with E-state index in [1.54, 1.807) is 0 Å². The summed E-state index contributed by atoms with van der Waals surface area (Å²) >= 11 is 1.41. The molecule has 0 saturated carbocycles. The molecule has 1 heterocycles. The highest BCUT2D eigenvalue weighted by atomic mass is 32.1. The normalized spacial score (nSPS) is 14.0. The van der Waals surface area contributed by atoms with Crippen molar-refractivity contribution in [2.24, 2.45) is 5.41 Å². The fourth-order valence-corrected chi connectivity index (χ4v) is 4.90. The number of ether oxygens (including phenoxy) is 1. The maximum Gasteiger partial charge on any atom is 0.304 e. The SMILES string of the molecule is O=C(O)CC1(C(=O)NCc2nc(-c3ccccc3OCCO)cs2)Cc2ccccc2C1. The maximum atomic E-state index is 13.2. The molecule has 0 fully saturated rings. The minimum absolute atomic E-state index is 0.0787. The molecule has 2 aromatic carbocycles. The predicted molar refractivity (Wildman–Crippen MR) is 121 cm³/mol. The number of nitrogens with zero attached hydrogens (tertiary/aromatic N) is 1. The Hall–Kier alpha value is -3.23. The number of rotatable bonds is 9. The number of aliphatic hydroxyl groups excluding tert-OH is 1. The van der Waals surface area contributed by atoms with Crippen LogP contribution in [0, 0.1) is 5.41 Å². The van der Waals surface area contributed by atoms with Crippen LogP contribution in [0.15, 0.2) is 53.9 Å². The van der Waals surface area contributed by atoms with Crippen LogP contribution in [0.25, 0.3) is 11.3 Å². The molecule has 0 radical (unpaired) electrons. The van der Waals surface area contributed by atoms with Crippen LogP contribution in [0.2, 0.25) is 0 Å². The molecule has 0 atom stereocenters. The quantitative estimate of drug-likeness (QED) is 0.460. The van der Waals surface area contributed by atoms with Crippen molar-refractivity contribution >= 4 is 23.2 Å². The van der Waals surface area contributed by atoms with Gasteiger partial charge in [-0.2, -0.15) is 0 Å². The highest BCUT2D eigenvalue weighted by Gasteiger charge is 2.45. The van der Waals surface area contributed by atoms with Gasteiger partial charge in [0, 0.05) is 10.9 Å². The molecule has 3 aromatic rings. The van der Waals surface area contributed by atoms with Gasteiger partial charge in [0.25, 0.3) is 0 Å². The lowest BCUT2D eigenvalue weighted by Crippen LogP contribution is -2.43. The first-order valence-corrected chi connectivity index (χ1v) is 11.2. The number of nitrogens with one attached hydrogen (secondary N) is 1. The maximum absolute atomic E-state index is 13.2. The van der Waals surface area contributed by atoms with Crippen LogP contribution < -0.4 is 10.1 Å². The lowest BCUT2D eigenvalue weighted by molar-refractivity contribution is -0.145. The van der Waals surface area contributed by atoms with Crippen molar-refractivity contribution < 1.29 is 24.5 Å². The number of carboxylic acid groups (broad SMARTS) is 1. The Labute approximate surface area is 189 Å². The third-order valence-electron chi connectivity index (χ3n) is 5.61. The predicted octanol–water partition coefficient (Wildman–Crippen LogP) is 3.06. The van der Waals surface area contributed by atoms with Crippen molar-refractivity contribution in [2.75, 3.05) is 13.2 Å². The topological polar surface area (TPSA) is 109 Å². The van der Waals surface area contributed by atoms with Gasteiger partial charge in [0.05, 0.1) is 30.7 Å². The van der Waals surface area contributed by atoms with Crippen molar-refractivity contribution in [3.8, 4) is 17.0 Å². The molecular formula is C24H24N2O5S. The molecule has 4 rings (SSSR count). The average Bonchev–Trinajstić information content (AvgIpc) is 3.40. The lowest BCUT2D eigenvalue weighted by Gasteiger charge is -2.25. The Bertz CT molecular complexity index is 1100. The molecule has 1 amide bonds. The first kappa shape index (κ1) is 22.0. The number of para-hydroxylation sites is 1. The Kier molecular flexibility index (Phi) is 6.53. The number of amides is 1. The third-order valence-corrected chi connectivity index (χ3v) is 6.46. The van der Waals surface area contributed by atoms with E-state index < -0.39 is 11.4 Å². The molecule has 3 N–H and O–H groups in total. The molecule has 0 saturated heterocycles. The fraction of sp³-hybridized carbons (Fsp3) is 0.292. The minimum Gasteiger partial charge on any atom is -0.490 e. The van der Waals surface area contributed by atoms with E-state index in [1.165, 1.54) is 11.3 Å². The van der Waals surface area contributed by atoms with Crippen molar-refractivity contribution in [2.45, 2.75) is 25.8 Å². The molecule has 7 nitrogen and oxygen atoms in total. The average molecular weight is 453 g/mol. The van der Waals surface area contributed by atoms with E-state index in [9.17, 15) is 14.7 Å². The molecule has 0 bridgehead atoms. The van der Waals surface area contributed by atoms with E-state index in [1.807, 2.05) is 53.9 Å². The number of hydrogen-bond donors (Lipinski definition) is 3. The number of carbonyl (C=O) groups excluding carboxylic acids is 1. The Morgan fingerprint density at radius 3 is 2.47 bits per heavy atom. The van der Waals surface area contributed by atoms with E-state index >= 15 is 0 Å². The van der Waals surface area contributed by atoms with Gasteiger partial charge in [0.15, 0.2) is 0 Å². The van der Waals surface area contributed by atoms with E-state index in [2.05, 4.69) is 10.3 Å². The first-order valence-electron chi connectivity index (χ1n) is 10.3. The molecule has 0 unspecified atom stereocenters. The number of aliphatic hydroxyl groups is 1. The summed E-state index contributed by atoms with van der Waals surface area (Å²) in [5, 5.41) is 24.0. The van der Waals surface area contributed by atoms with Gasteiger partial charge >= 0.3 is 5.97 Å². The van der Waals surface area contributed by atoms with Crippen molar-refractivity contribution in [1.82, 2.24) is 10.3 Å². The number of hydrogen-bond acceptors (Lipinski definition) is 6. The molecule has 1 aromatic heterocycles. The number of aromatic nitrogens is 1. The van der Waals surface area contributed by atoms with Crippen LogP contribution in [-0.2, 0) is 29.0 Å². The Balaban J connectivity index is 1.47. The number of aliphatic carboxylic acids is 1. The standard InChI is InChI=1S/C24H24N2O5S/c27-9-10-31-20-8-4-3-7-18(20)19-15-32-21(26-19)14-25-23(30)24(13-22(28)29)11-16-5-1-2-6-17(16)12-24/h1-8,15,27H,9-14H2,(H,25,30)(H,28,29). The number of carboxylic acids is 1. The smallest absolute Gasteiger partial charge is 0.304 e. The van der Waals surface area contributed by atoms with Gasteiger partial charge in [-0.05, 0) is 36.1 Å².